The first-order valence-electron chi connectivity index (χ1n) is 9.83. The van der Waals surface area contributed by atoms with Gasteiger partial charge in [0.25, 0.3) is 0 Å². The first-order valence-corrected chi connectivity index (χ1v) is 9.83. The zero-order chi connectivity index (χ0) is 20.7. The van der Waals surface area contributed by atoms with Crippen molar-refractivity contribution in [2.45, 2.75) is 68.7 Å². The van der Waals surface area contributed by atoms with Gasteiger partial charge in [0.1, 0.15) is 7.05 Å². The molecular weight excluding hydrogens is 326 g/mol. The van der Waals surface area contributed by atoms with Crippen molar-refractivity contribution in [3.63, 3.8) is 0 Å². The van der Waals surface area contributed by atoms with Gasteiger partial charge in [0.15, 0.2) is 11.4 Å². The molecule has 0 atom stereocenters. The Morgan fingerprint density at radius 2 is 1.22 bits per heavy atom. The summed E-state index contributed by atoms with van der Waals surface area (Å²) in [6.45, 7) is 19.4. The van der Waals surface area contributed by atoms with Crippen LogP contribution in [0.25, 0.3) is 0 Å². The molecule has 146 valence electrons. The molecular formula is C26H38N+. The van der Waals surface area contributed by atoms with E-state index in [1.807, 2.05) is 0 Å². The van der Waals surface area contributed by atoms with Crippen LogP contribution in [0, 0.1) is 41.5 Å². The molecule has 0 bridgehead atoms. The average Bonchev–Trinajstić information content (AvgIpc) is 2.83. The fourth-order valence-electron chi connectivity index (χ4n) is 2.99. The number of benzene rings is 2. The van der Waals surface area contributed by atoms with E-state index >= 15 is 0 Å². The summed E-state index contributed by atoms with van der Waals surface area (Å²) in [6, 6.07) is 12.9. The number of nitrogens with zero attached hydrogens (tertiary/aromatic N) is 1. The van der Waals surface area contributed by atoms with Crippen molar-refractivity contribution in [2.24, 2.45) is 0 Å². The Balaban J connectivity index is 0.000000202. The highest BCUT2D eigenvalue weighted by Crippen LogP contribution is 2.16. The molecule has 0 N–H and O–H groups in total. The maximum absolute atomic E-state index is 2.26. The van der Waals surface area contributed by atoms with Gasteiger partial charge in [0.2, 0.25) is 0 Å². The molecule has 0 unspecified atom stereocenters. The standard InChI is InChI=1S/2C9H12.C8H14N/c1-7-4-5-8(2)9(3)6-7;1-7-5-4-6-8(2)9(7)3;1-6-5-7(2)9(4)8(6)3/h2*4-6H,1-3H3;5H2,1-4H3/q;;+1. The largest absolute Gasteiger partial charge is 0.207 e. The van der Waals surface area contributed by atoms with Crippen LogP contribution >= 0.6 is 0 Å². The molecule has 0 saturated heterocycles. The molecule has 0 saturated carbocycles. The first-order chi connectivity index (χ1) is 12.5. The van der Waals surface area contributed by atoms with Gasteiger partial charge in [-0.25, -0.2) is 4.58 Å². The molecule has 0 amide bonds. The Kier molecular flexibility index (Phi) is 8.69. The van der Waals surface area contributed by atoms with E-state index in [1.165, 1.54) is 56.8 Å². The van der Waals surface area contributed by atoms with Crippen molar-refractivity contribution in [3.8, 4) is 0 Å². The van der Waals surface area contributed by atoms with Gasteiger partial charge in [-0.1, -0.05) is 42.0 Å². The van der Waals surface area contributed by atoms with E-state index in [0.29, 0.717) is 0 Å². The van der Waals surface area contributed by atoms with E-state index in [1.54, 1.807) is 0 Å². The summed E-state index contributed by atoms with van der Waals surface area (Å²) in [5.74, 6) is 0. The molecule has 0 aliphatic carbocycles. The summed E-state index contributed by atoms with van der Waals surface area (Å²) in [6.07, 6.45) is 1.17. The topological polar surface area (TPSA) is 3.01 Å². The Hall–Kier alpha value is -2.15. The molecule has 1 aliphatic heterocycles. The minimum atomic E-state index is 1.17. The van der Waals surface area contributed by atoms with Crippen LogP contribution in [0.4, 0.5) is 0 Å². The average molecular weight is 365 g/mol. The molecule has 2 aromatic rings. The molecule has 27 heavy (non-hydrogen) atoms. The van der Waals surface area contributed by atoms with E-state index in [2.05, 4.69) is 110 Å². The Morgan fingerprint density at radius 1 is 0.667 bits per heavy atom. The van der Waals surface area contributed by atoms with Crippen LogP contribution < -0.4 is 0 Å². The van der Waals surface area contributed by atoms with Crippen molar-refractivity contribution in [2.75, 3.05) is 7.05 Å². The molecule has 1 heteroatoms. The number of hydrogen-bond acceptors (Lipinski definition) is 0. The van der Waals surface area contributed by atoms with E-state index in [9.17, 15) is 0 Å². The van der Waals surface area contributed by atoms with Crippen LogP contribution in [0.15, 0.2) is 47.7 Å². The Morgan fingerprint density at radius 3 is 1.52 bits per heavy atom. The second-order valence-electron chi connectivity index (χ2n) is 7.94. The molecule has 3 rings (SSSR count). The number of aryl methyl sites for hydroxylation is 5. The smallest absolute Gasteiger partial charge is 0.177 e. The molecule has 2 aromatic carbocycles. The molecule has 1 aliphatic rings. The van der Waals surface area contributed by atoms with E-state index < -0.39 is 0 Å². The molecule has 0 radical (unpaired) electrons. The van der Waals surface area contributed by atoms with Crippen molar-refractivity contribution in [3.05, 3.63) is 81.0 Å². The highest BCUT2D eigenvalue weighted by atomic mass is 15.0. The van der Waals surface area contributed by atoms with Crippen LogP contribution in [0.1, 0.15) is 60.6 Å². The van der Waals surface area contributed by atoms with E-state index in [4.69, 9.17) is 0 Å². The summed E-state index contributed by atoms with van der Waals surface area (Å²) in [5.41, 5.74) is 12.7. The minimum absolute atomic E-state index is 1.17. The lowest BCUT2D eigenvalue weighted by atomic mass is 10.1. The Bertz CT molecular complexity index is 808. The van der Waals surface area contributed by atoms with E-state index in [-0.39, 0.29) is 0 Å². The van der Waals surface area contributed by atoms with Crippen molar-refractivity contribution >= 4 is 5.71 Å². The molecule has 0 fully saturated rings. The zero-order valence-electron chi connectivity index (χ0n) is 19.1. The highest BCUT2D eigenvalue weighted by molar-refractivity contribution is 5.81. The van der Waals surface area contributed by atoms with Gasteiger partial charge in [-0.15, -0.1) is 0 Å². The van der Waals surface area contributed by atoms with Crippen LogP contribution in [0.5, 0.6) is 0 Å². The van der Waals surface area contributed by atoms with Crippen molar-refractivity contribution in [1.29, 1.82) is 0 Å². The summed E-state index contributed by atoms with van der Waals surface area (Å²) in [4.78, 5) is 0. The van der Waals surface area contributed by atoms with Gasteiger partial charge in [0, 0.05) is 19.4 Å². The fourth-order valence-corrected chi connectivity index (χ4v) is 2.99. The highest BCUT2D eigenvalue weighted by Gasteiger charge is 2.19. The number of allylic oxidation sites excluding steroid dienone is 2. The lowest BCUT2D eigenvalue weighted by molar-refractivity contribution is -0.441. The third-order valence-corrected chi connectivity index (χ3v) is 5.75. The SMILES string of the molecule is CC1=C(C)[N+](C)=C(C)C1.Cc1ccc(C)c(C)c1.Cc1cccc(C)c1C. The van der Waals surface area contributed by atoms with Crippen LogP contribution in [-0.4, -0.2) is 17.3 Å². The quantitative estimate of drug-likeness (QED) is 0.442. The maximum atomic E-state index is 2.26. The summed E-state index contributed by atoms with van der Waals surface area (Å²) >= 11 is 0. The van der Waals surface area contributed by atoms with Crippen LogP contribution in [0.3, 0.4) is 0 Å². The molecule has 0 spiro atoms. The predicted molar refractivity (Wildman–Crippen MR) is 121 cm³/mol. The number of rotatable bonds is 0. The van der Waals surface area contributed by atoms with Crippen molar-refractivity contribution in [1.82, 2.24) is 0 Å². The summed E-state index contributed by atoms with van der Waals surface area (Å²) < 4.78 is 2.26. The lowest BCUT2D eigenvalue weighted by Gasteiger charge is -2.00. The van der Waals surface area contributed by atoms with Crippen molar-refractivity contribution < 1.29 is 4.58 Å². The third-order valence-electron chi connectivity index (χ3n) is 5.75. The fraction of sp³-hybridized carbons (Fsp3) is 0.423. The maximum Gasteiger partial charge on any atom is 0.177 e. The molecule has 1 heterocycles. The first kappa shape index (κ1) is 22.9. The van der Waals surface area contributed by atoms with Crippen LogP contribution in [0.2, 0.25) is 0 Å². The van der Waals surface area contributed by atoms with Gasteiger partial charge >= 0.3 is 0 Å². The second-order valence-corrected chi connectivity index (χ2v) is 7.94. The second kappa shape index (κ2) is 10.3. The minimum Gasteiger partial charge on any atom is -0.207 e. The Labute approximate surface area is 167 Å². The van der Waals surface area contributed by atoms with Crippen LogP contribution in [-0.2, 0) is 0 Å². The molecule has 1 nitrogen and oxygen atoms in total. The number of hydrogen-bond donors (Lipinski definition) is 0. The predicted octanol–water partition coefficient (Wildman–Crippen LogP) is 7.01. The third kappa shape index (κ3) is 6.82. The van der Waals surface area contributed by atoms with Gasteiger partial charge < -0.3 is 0 Å². The normalized spacial score (nSPS) is 13.1. The zero-order valence-corrected chi connectivity index (χ0v) is 19.1. The monoisotopic (exact) mass is 364 g/mol. The van der Waals surface area contributed by atoms with E-state index in [0.717, 1.165) is 0 Å². The van der Waals surface area contributed by atoms with Gasteiger partial charge in [-0.2, -0.15) is 0 Å². The van der Waals surface area contributed by atoms with Gasteiger partial charge in [-0.05, 0) is 76.3 Å². The lowest BCUT2D eigenvalue weighted by Crippen LogP contribution is -2.04. The molecule has 0 aromatic heterocycles. The summed E-state index contributed by atoms with van der Waals surface area (Å²) in [5, 5.41) is 0. The van der Waals surface area contributed by atoms with Gasteiger partial charge in [0.05, 0.1) is 6.42 Å². The van der Waals surface area contributed by atoms with Gasteiger partial charge in [-0.3, -0.25) is 0 Å². The summed E-state index contributed by atoms with van der Waals surface area (Å²) in [7, 11) is 2.13.